The summed E-state index contributed by atoms with van der Waals surface area (Å²) < 4.78 is 0. The van der Waals surface area contributed by atoms with Crippen molar-refractivity contribution in [2.75, 3.05) is 5.73 Å². The number of nitrogens with two attached hydrogens (primary N) is 1. The Kier molecular flexibility index (Phi) is 4.21. The molecule has 0 aromatic carbocycles. The van der Waals surface area contributed by atoms with E-state index in [4.69, 9.17) is 5.73 Å². The van der Waals surface area contributed by atoms with E-state index in [9.17, 15) is 5.11 Å². The lowest BCUT2D eigenvalue weighted by Gasteiger charge is -2.46. The van der Waals surface area contributed by atoms with Gasteiger partial charge in [-0.3, -0.25) is 0 Å². The monoisotopic (exact) mass is 288 g/mol. The second-order valence-corrected chi connectivity index (χ2v) is 7.06. The smallest absolute Gasteiger partial charge is 0.129 e. The Labute approximate surface area is 128 Å². The molecule has 1 aromatic rings. The third kappa shape index (κ3) is 2.68. The Hall–Kier alpha value is -1.09. The molecule has 2 unspecified atom stereocenters. The van der Waals surface area contributed by atoms with Crippen LogP contribution in [0.5, 0.6) is 0 Å². The first kappa shape index (κ1) is 14.8. The average molecular weight is 288 g/mol. The van der Waals surface area contributed by atoms with E-state index < -0.39 is 5.60 Å². The Bertz CT molecular complexity index is 476. The second kappa shape index (κ2) is 5.96. The summed E-state index contributed by atoms with van der Waals surface area (Å²) >= 11 is 0. The highest BCUT2D eigenvalue weighted by Crippen LogP contribution is 2.50. The minimum absolute atomic E-state index is 0.358. The van der Waals surface area contributed by atoms with Crippen molar-refractivity contribution >= 4 is 5.82 Å². The van der Waals surface area contributed by atoms with Gasteiger partial charge in [0.25, 0.3) is 0 Å². The van der Waals surface area contributed by atoms with Gasteiger partial charge in [-0.25, -0.2) is 4.98 Å². The molecule has 3 heteroatoms. The molecule has 0 aliphatic heterocycles. The van der Waals surface area contributed by atoms with E-state index in [0.717, 1.165) is 30.4 Å². The lowest BCUT2D eigenvalue weighted by atomic mass is 9.63. The molecule has 21 heavy (non-hydrogen) atoms. The van der Waals surface area contributed by atoms with Crippen LogP contribution in [0.1, 0.15) is 68.9 Å². The predicted octanol–water partition coefficient (Wildman–Crippen LogP) is 3.93. The number of aryl methyl sites for hydroxylation is 1. The molecule has 3 nitrogen and oxygen atoms in total. The first-order chi connectivity index (χ1) is 10.1. The third-order valence-corrected chi connectivity index (χ3v) is 5.78. The molecule has 0 spiro atoms. The lowest BCUT2D eigenvalue weighted by molar-refractivity contribution is -0.0835. The van der Waals surface area contributed by atoms with Gasteiger partial charge in [-0.2, -0.15) is 0 Å². The van der Waals surface area contributed by atoms with Crippen LogP contribution in [0.15, 0.2) is 12.3 Å². The maximum absolute atomic E-state index is 11.6. The minimum Gasteiger partial charge on any atom is -0.385 e. The van der Waals surface area contributed by atoms with Crippen molar-refractivity contribution in [3.8, 4) is 0 Å². The molecule has 1 aromatic heterocycles. The fourth-order valence-electron chi connectivity index (χ4n) is 4.80. The van der Waals surface area contributed by atoms with Crippen LogP contribution in [0.2, 0.25) is 0 Å². The van der Waals surface area contributed by atoms with E-state index in [-0.39, 0.29) is 0 Å². The van der Waals surface area contributed by atoms with Crippen LogP contribution in [0.4, 0.5) is 5.82 Å². The van der Waals surface area contributed by atoms with Gasteiger partial charge in [0.1, 0.15) is 5.82 Å². The zero-order chi connectivity index (χ0) is 14.9. The van der Waals surface area contributed by atoms with Gasteiger partial charge < -0.3 is 10.8 Å². The Morgan fingerprint density at radius 3 is 2.57 bits per heavy atom. The fourth-order valence-corrected chi connectivity index (χ4v) is 4.80. The molecule has 0 saturated heterocycles. The van der Waals surface area contributed by atoms with Crippen molar-refractivity contribution in [2.45, 2.75) is 70.3 Å². The molecule has 3 rings (SSSR count). The quantitative estimate of drug-likeness (QED) is 0.867. The summed E-state index contributed by atoms with van der Waals surface area (Å²) in [6, 6.07) is 1.98. The van der Waals surface area contributed by atoms with E-state index in [1.165, 1.54) is 38.5 Å². The van der Waals surface area contributed by atoms with Crippen LogP contribution in [0.3, 0.4) is 0 Å². The van der Waals surface area contributed by atoms with E-state index in [2.05, 4.69) is 11.9 Å². The molecule has 2 aliphatic carbocycles. The van der Waals surface area contributed by atoms with Gasteiger partial charge in [0.2, 0.25) is 0 Å². The highest BCUT2D eigenvalue weighted by atomic mass is 16.3. The molecular formula is C18H28N2O. The molecule has 116 valence electrons. The zero-order valence-electron chi connectivity index (χ0n) is 13.1. The number of aromatic nitrogens is 1. The third-order valence-electron chi connectivity index (χ3n) is 5.78. The number of anilines is 1. The van der Waals surface area contributed by atoms with Gasteiger partial charge in [0.15, 0.2) is 0 Å². The zero-order valence-corrected chi connectivity index (χ0v) is 13.1. The Morgan fingerprint density at radius 2 is 1.86 bits per heavy atom. The number of nitrogens with zero attached hydrogens (tertiary/aromatic N) is 1. The van der Waals surface area contributed by atoms with Gasteiger partial charge in [-0.05, 0) is 43.2 Å². The van der Waals surface area contributed by atoms with Gasteiger partial charge >= 0.3 is 0 Å². The van der Waals surface area contributed by atoms with Crippen LogP contribution in [-0.4, -0.2) is 10.1 Å². The highest BCUT2D eigenvalue weighted by Gasteiger charge is 2.46. The summed E-state index contributed by atoms with van der Waals surface area (Å²) in [6.45, 7) is 2.05. The van der Waals surface area contributed by atoms with Gasteiger partial charge in [-0.1, -0.05) is 44.9 Å². The topological polar surface area (TPSA) is 59.1 Å². The van der Waals surface area contributed by atoms with Crippen LogP contribution in [0.25, 0.3) is 0 Å². The maximum Gasteiger partial charge on any atom is 0.129 e. The van der Waals surface area contributed by atoms with Crippen LogP contribution in [-0.2, 0) is 5.60 Å². The van der Waals surface area contributed by atoms with Crippen molar-refractivity contribution in [3.05, 3.63) is 23.4 Å². The van der Waals surface area contributed by atoms with Crippen LogP contribution >= 0.6 is 0 Å². The summed E-state index contributed by atoms with van der Waals surface area (Å²) in [6.07, 6.45) is 12.6. The highest BCUT2D eigenvalue weighted by molar-refractivity contribution is 5.48. The summed E-state index contributed by atoms with van der Waals surface area (Å²) in [7, 11) is 0. The lowest BCUT2D eigenvalue weighted by Crippen LogP contribution is -2.43. The fraction of sp³-hybridized carbons (Fsp3) is 0.722. The molecule has 3 N–H and O–H groups in total. The van der Waals surface area contributed by atoms with E-state index in [1.807, 2.05) is 6.07 Å². The summed E-state index contributed by atoms with van der Waals surface area (Å²) in [4.78, 5) is 4.26. The van der Waals surface area contributed by atoms with Crippen molar-refractivity contribution in [1.29, 1.82) is 0 Å². The van der Waals surface area contributed by atoms with Gasteiger partial charge in [0.05, 0.1) is 5.60 Å². The summed E-state index contributed by atoms with van der Waals surface area (Å²) in [5, 5.41) is 11.6. The first-order valence-corrected chi connectivity index (χ1v) is 8.57. The van der Waals surface area contributed by atoms with Crippen molar-refractivity contribution in [1.82, 2.24) is 4.98 Å². The van der Waals surface area contributed by atoms with Crippen molar-refractivity contribution in [2.24, 2.45) is 11.8 Å². The SMILES string of the molecule is Cc1ccnc(N)c1C1(O)CCCCC1C1CCCCC1. The Balaban J connectivity index is 1.98. The molecule has 2 atom stereocenters. The number of hydrogen-bond acceptors (Lipinski definition) is 3. The number of aliphatic hydroxyl groups is 1. The predicted molar refractivity (Wildman–Crippen MR) is 85.8 cm³/mol. The van der Waals surface area contributed by atoms with Crippen LogP contribution < -0.4 is 5.73 Å². The average Bonchev–Trinajstić information content (AvgIpc) is 2.48. The molecule has 0 bridgehead atoms. The molecule has 1 heterocycles. The van der Waals surface area contributed by atoms with Crippen molar-refractivity contribution in [3.63, 3.8) is 0 Å². The standard InChI is InChI=1S/C18H28N2O/c1-13-10-12-20-17(19)16(13)18(21)11-6-5-9-15(18)14-7-3-2-4-8-14/h10,12,14-15,21H,2-9,11H2,1H3,(H2,19,20). The number of hydrogen-bond donors (Lipinski definition) is 2. The molecule has 0 amide bonds. The van der Waals surface area contributed by atoms with E-state index >= 15 is 0 Å². The number of pyridine rings is 1. The van der Waals surface area contributed by atoms with Gasteiger partial charge in [0, 0.05) is 11.8 Å². The maximum atomic E-state index is 11.6. The summed E-state index contributed by atoms with van der Waals surface area (Å²) in [5.41, 5.74) is 7.40. The molecule has 0 radical (unpaired) electrons. The molecule has 2 saturated carbocycles. The molecular weight excluding hydrogens is 260 g/mol. The largest absolute Gasteiger partial charge is 0.385 e. The Morgan fingerprint density at radius 1 is 1.14 bits per heavy atom. The minimum atomic E-state index is -0.761. The molecule has 2 fully saturated rings. The second-order valence-electron chi connectivity index (χ2n) is 7.06. The van der Waals surface area contributed by atoms with E-state index in [0.29, 0.717) is 17.7 Å². The van der Waals surface area contributed by atoms with Crippen LogP contribution in [0, 0.1) is 18.8 Å². The summed E-state index contributed by atoms with van der Waals surface area (Å²) in [5.74, 6) is 1.54. The van der Waals surface area contributed by atoms with Crippen molar-refractivity contribution < 1.29 is 5.11 Å². The normalized spacial score (nSPS) is 31.2. The first-order valence-electron chi connectivity index (χ1n) is 8.57. The number of rotatable bonds is 2. The molecule has 2 aliphatic rings. The van der Waals surface area contributed by atoms with Gasteiger partial charge in [-0.15, -0.1) is 0 Å². The number of nitrogen functional groups attached to an aromatic ring is 1. The van der Waals surface area contributed by atoms with E-state index in [1.54, 1.807) is 6.20 Å².